The molecule has 3 nitrogen and oxygen atoms in total. The first kappa shape index (κ1) is 13.1. The third-order valence-corrected chi connectivity index (χ3v) is 2.63. The van der Waals surface area contributed by atoms with Crippen molar-refractivity contribution in [1.29, 1.82) is 0 Å². The molecule has 0 amide bonds. The molecule has 0 heterocycles. The van der Waals surface area contributed by atoms with Crippen LogP contribution in [0.1, 0.15) is 18.1 Å². The van der Waals surface area contributed by atoms with E-state index in [1.807, 2.05) is 54.6 Å². The van der Waals surface area contributed by atoms with Crippen LogP contribution in [0.4, 0.5) is 0 Å². The van der Waals surface area contributed by atoms with Gasteiger partial charge in [-0.3, -0.25) is 4.79 Å². The summed E-state index contributed by atoms with van der Waals surface area (Å²) in [5.41, 5.74) is 1.59. The van der Waals surface area contributed by atoms with E-state index in [0.717, 1.165) is 11.1 Å². The van der Waals surface area contributed by atoms with E-state index in [2.05, 4.69) is 0 Å². The van der Waals surface area contributed by atoms with Crippen molar-refractivity contribution in [3.8, 4) is 5.75 Å². The number of carbonyl (C=O) groups is 1. The fourth-order valence-corrected chi connectivity index (χ4v) is 1.83. The first-order chi connectivity index (χ1) is 9.22. The minimum absolute atomic E-state index is 0.357. The number of esters is 1. The van der Waals surface area contributed by atoms with Crippen LogP contribution in [0.25, 0.3) is 0 Å². The number of benzene rings is 2. The normalized spacial score (nSPS) is 10.3. The zero-order valence-electron chi connectivity index (χ0n) is 10.9. The van der Waals surface area contributed by atoms with Gasteiger partial charge in [0.05, 0.1) is 7.11 Å². The molecule has 0 saturated heterocycles. The zero-order valence-corrected chi connectivity index (χ0v) is 10.9. The molecule has 0 aliphatic carbocycles. The predicted molar refractivity (Wildman–Crippen MR) is 72.6 cm³/mol. The Morgan fingerprint density at radius 2 is 1.58 bits per heavy atom. The standard InChI is InChI=1S/C16H15O3/c1-12(17)19-16(13-8-4-3-5-9-13)14-10-6-7-11-15(14)18-2/h3-11H,1-2H3. The van der Waals surface area contributed by atoms with Gasteiger partial charge in [-0.25, -0.2) is 0 Å². The average molecular weight is 255 g/mol. The maximum Gasteiger partial charge on any atom is 0.304 e. The number of carbonyl (C=O) groups excluding carboxylic acids is 1. The van der Waals surface area contributed by atoms with Crippen LogP contribution in [-0.4, -0.2) is 13.1 Å². The molecule has 0 N–H and O–H groups in total. The highest BCUT2D eigenvalue weighted by atomic mass is 16.5. The molecule has 0 spiro atoms. The first-order valence-corrected chi connectivity index (χ1v) is 5.96. The summed E-state index contributed by atoms with van der Waals surface area (Å²) in [5.74, 6) is 0.312. The summed E-state index contributed by atoms with van der Waals surface area (Å²) in [7, 11) is 1.59. The van der Waals surface area contributed by atoms with Gasteiger partial charge in [-0.2, -0.15) is 0 Å². The quantitative estimate of drug-likeness (QED) is 0.787. The Balaban J connectivity index is 2.46. The van der Waals surface area contributed by atoms with Crippen LogP contribution in [-0.2, 0) is 9.53 Å². The van der Waals surface area contributed by atoms with Crippen molar-refractivity contribution in [1.82, 2.24) is 0 Å². The van der Waals surface area contributed by atoms with E-state index in [-0.39, 0.29) is 5.97 Å². The monoisotopic (exact) mass is 255 g/mol. The SMILES string of the molecule is COc1ccccc1[C](OC(C)=O)c1ccccc1. The van der Waals surface area contributed by atoms with Crippen LogP contribution in [0.3, 0.4) is 0 Å². The molecule has 2 aromatic carbocycles. The Bertz CT molecular complexity index is 549. The van der Waals surface area contributed by atoms with Gasteiger partial charge in [0.1, 0.15) is 5.75 Å². The minimum Gasteiger partial charge on any atom is -0.496 e. The van der Waals surface area contributed by atoms with E-state index in [0.29, 0.717) is 11.9 Å². The smallest absolute Gasteiger partial charge is 0.304 e. The van der Waals surface area contributed by atoms with E-state index in [1.165, 1.54) is 6.92 Å². The van der Waals surface area contributed by atoms with Gasteiger partial charge in [0.15, 0.2) is 0 Å². The number of rotatable bonds is 4. The van der Waals surface area contributed by atoms with Gasteiger partial charge in [0, 0.05) is 18.1 Å². The summed E-state index contributed by atoms with van der Waals surface area (Å²) >= 11 is 0. The van der Waals surface area contributed by atoms with E-state index in [4.69, 9.17) is 9.47 Å². The van der Waals surface area contributed by atoms with Gasteiger partial charge in [0.25, 0.3) is 0 Å². The molecule has 0 unspecified atom stereocenters. The number of hydrogen-bond donors (Lipinski definition) is 0. The molecule has 3 heteroatoms. The number of para-hydroxylation sites is 1. The average Bonchev–Trinajstić information content (AvgIpc) is 2.45. The van der Waals surface area contributed by atoms with Crippen molar-refractivity contribution < 1.29 is 14.3 Å². The van der Waals surface area contributed by atoms with Crippen molar-refractivity contribution in [2.75, 3.05) is 7.11 Å². The predicted octanol–water partition coefficient (Wildman–Crippen LogP) is 3.19. The Kier molecular flexibility index (Phi) is 4.18. The molecule has 0 aliphatic heterocycles. The number of hydrogen-bond acceptors (Lipinski definition) is 3. The maximum absolute atomic E-state index is 11.3. The van der Waals surface area contributed by atoms with Crippen LogP contribution < -0.4 is 4.74 Å². The highest BCUT2D eigenvalue weighted by molar-refractivity contribution is 5.69. The fourth-order valence-electron chi connectivity index (χ4n) is 1.83. The highest BCUT2D eigenvalue weighted by Crippen LogP contribution is 2.31. The Morgan fingerprint density at radius 3 is 2.21 bits per heavy atom. The lowest BCUT2D eigenvalue weighted by Crippen LogP contribution is -2.12. The van der Waals surface area contributed by atoms with Crippen molar-refractivity contribution in [2.45, 2.75) is 6.92 Å². The second-order valence-electron chi connectivity index (χ2n) is 3.99. The summed E-state index contributed by atoms with van der Waals surface area (Å²) in [6, 6.07) is 16.9. The molecule has 0 atom stereocenters. The molecule has 0 aliphatic rings. The van der Waals surface area contributed by atoms with E-state index in [9.17, 15) is 4.79 Å². The van der Waals surface area contributed by atoms with E-state index >= 15 is 0 Å². The van der Waals surface area contributed by atoms with Gasteiger partial charge in [-0.15, -0.1) is 0 Å². The third kappa shape index (κ3) is 3.13. The molecule has 97 valence electrons. The largest absolute Gasteiger partial charge is 0.496 e. The molecule has 0 fully saturated rings. The number of ether oxygens (including phenoxy) is 2. The molecular weight excluding hydrogens is 240 g/mol. The molecule has 0 saturated carbocycles. The lowest BCUT2D eigenvalue weighted by molar-refractivity contribution is -0.138. The topological polar surface area (TPSA) is 35.5 Å². The lowest BCUT2D eigenvalue weighted by Gasteiger charge is -2.18. The molecular formula is C16H15O3. The van der Waals surface area contributed by atoms with Gasteiger partial charge >= 0.3 is 5.97 Å². The summed E-state index contributed by atoms with van der Waals surface area (Å²) in [5, 5.41) is 0. The van der Waals surface area contributed by atoms with Crippen molar-refractivity contribution in [3.05, 3.63) is 71.8 Å². The van der Waals surface area contributed by atoms with Crippen molar-refractivity contribution in [3.63, 3.8) is 0 Å². The Morgan fingerprint density at radius 1 is 0.947 bits per heavy atom. The molecule has 1 radical (unpaired) electrons. The second kappa shape index (κ2) is 6.05. The number of methoxy groups -OCH3 is 1. The van der Waals surface area contributed by atoms with Crippen LogP contribution in [0.15, 0.2) is 54.6 Å². The summed E-state index contributed by atoms with van der Waals surface area (Å²) < 4.78 is 10.7. The highest BCUT2D eigenvalue weighted by Gasteiger charge is 2.22. The van der Waals surface area contributed by atoms with E-state index < -0.39 is 0 Å². The minimum atomic E-state index is -0.357. The summed E-state index contributed by atoms with van der Waals surface area (Å²) in [6.45, 7) is 1.39. The van der Waals surface area contributed by atoms with Gasteiger partial charge in [-0.1, -0.05) is 48.5 Å². The van der Waals surface area contributed by atoms with Crippen LogP contribution in [0, 0.1) is 6.10 Å². The van der Waals surface area contributed by atoms with E-state index in [1.54, 1.807) is 7.11 Å². The van der Waals surface area contributed by atoms with Crippen LogP contribution >= 0.6 is 0 Å². The Hall–Kier alpha value is -2.29. The molecule has 19 heavy (non-hydrogen) atoms. The van der Waals surface area contributed by atoms with Crippen molar-refractivity contribution in [2.24, 2.45) is 0 Å². The van der Waals surface area contributed by atoms with Crippen LogP contribution in [0.5, 0.6) is 5.75 Å². The lowest BCUT2D eigenvalue weighted by atomic mass is 10.0. The van der Waals surface area contributed by atoms with Gasteiger partial charge < -0.3 is 9.47 Å². The fraction of sp³-hybridized carbons (Fsp3) is 0.125. The van der Waals surface area contributed by atoms with Crippen molar-refractivity contribution >= 4 is 5.97 Å². The second-order valence-corrected chi connectivity index (χ2v) is 3.99. The summed E-state index contributed by atoms with van der Waals surface area (Å²) in [6.07, 6.45) is 0.505. The maximum atomic E-state index is 11.3. The molecule has 0 aromatic heterocycles. The van der Waals surface area contributed by atoms with Crippen LogP contribution in [0.2, 0.25) is 0 Å². The summed E-state index contributed by atoms with van der Waals surface area (Å²) in [4.78, 5) is 11.3. The first-order valence-electron chi connectivity index (χ1n) is 5.96. The molecule has 0 bridgehead atoms. The Labute approximate surface area is 112 Å². The van der Waals surface area contributed by atoms with Gasteiger partial charge in [-0.05, 0) is 6.07 Å². The zero-order chi connectivity index (χ0) is 13.7. The third-order valence-electron chi connectivity index (χ3n) is 2.63. The van der Waals surface area contributed by atoms with Gasteiger partial charge in [0.2, 0.25) is 6.10 Å². The molecule has 2 rings (SSSR count). The molecule has 2 aromatic rings.